The maximum absolute atomic E-state index is 5.63. The molecule has 0 aliphatic carbocycles. The molecule has 0 aromatic heterocycles. The van der Waals surface area contributed by atoms with E-state index in [0.717, 1.165) is 55.7 Å². The molecular weight excluding hydrogens is 386 g/mol. The summed E-state index contributed by atoms with van der Waals surface area (Å²) in [5.74, 6) is 2.08. The summed E-state index contributed by atoms with van der Waals surface area (Å²) < 4.78 is 16.5. The maximum Gasteiger partial charge on any atom is 0.203 e. The fourth-order valence-corrected chi connectivity index (χ4v) is 3.91. The molecule has 7 heteroatoms. The first-order valence-corrected chi connectivity index (χ1v) is 10.2. The third kappa shape index (κ3) is 5.31. The molecule has 1 aliphatic heterocycles. The molecule has 1 fully saturated rings. The molecule has 1 heterocycles. The highest BCUT2D eigenvalue weighted by Gasteiger charge is 2.24. The fraction of sp³-hybridized carbons (Fsp3) is 0.409. The lowest BCUT2D eigenvalue weighted by Gasteiger charge is -2.34. The van der Waals surface area contributed by atoms with Crippen LogP contribution in [0.2, 0.25) is 0 Å². The van der Waals surface area contributed by atoms with Gasteiger partial charge in [-0.1, -0.05) is 30.3 Å². The van der Waals surface area contributed by atoms with Gasteiger partial charge in [-0.25, -0.2) is 0 Å². The molecule has 0 unspecified atom stereocenters. The Morgan fingerprint density at radius 3 is 2.28 bits per heavy atom. The SMILES string of the molecule is COc1ccc(C[NH+]2CCN(C(=S)NCc3ccccc3)CC2)c(OC)c1OC. The van der Waals surface area contributed by atoms with Crippen LogP contribution >= 0.6 is 12.2 Å². The highest BCUT2D eigenvalue weighted by molar-refractivity contribution is 7.80. The number of rotatable bonds is 7. The van der Waals surface area contributed by atoms with Crippen molar-refractivity contribution < 1.29 is 19.1 Å². The molecule has 6 nitrogen and oxygen atoms in total. The number of ether oxygens (including phenoxy) is 3. The summed E-state index contributed by atoms with van der Waals surface area (Å²) in [7, 11) is 4.94. The van der Waals surface area contributed by atoms with Crippen molar-refractivity contribution in [2.24, 2.45) is 0 Å². The Morgan fingerprint density at radius 2 is 1.66 bits per heavy atom. The average Bonchev–Trinajstić information content (AvgIpc) is 2.78. The Hall–Kier alpha value is -2.51. The number of hydrogen-bond acceptors (Lipinski definition) is 4. The topological polar surface area (TPSA) is 47.4 Å². The maximum atomic E-state index is 5.63. The quantitative estimate of drug-likeness (QED) is 0.667. The van der Waals surface area contributed by atoms with E-state index in [1.165, 1.54) is 10.5 Å². The van der Waals surface area contributed by atoms with Gasteiger partial charge in [0.05, 0.1) is 53.1 Å². The monoisotopic (exact) mass is 416 g/mol. The van der Waals surface area contributed by atoms with Gasteiger partial charge in [-0.3, -0.25) is 0 Å². The predicted molar refractivity (Wildman–Crippen MR) is 118 cm³/mol. The van der Waals surface area contributed by atoms with E-state index >= 15 is 0 Å². The lowest BCUT2D eigenvalue weighted by atomic mass is 10.1. The van der Waals surface area contributed by atoms with Crippen molar-refractivity contribution >= 4 is 17.3 Å². The molecule has 3 rings (SSSR count). The van der Waals surface area contributed by atoms with Crippen molar-refractivity contribution in [3.05, 3.63) is 53.6 Å². The van der Waals surface area contributed by atoms with E-state index < -0.39 is 0 Å². The highest BCUT2D eigenvalue weighted by Crippen LogP contribution is 2.39. The highest BCUT2D eigenvalue weighted by atomic mass is 32.1. The van der Waals surface area contributed by atoms with E-state index in [4.69, 9.17) is 26.4 Å². The normalized spacial score (nSPS) is 14.4. The molecule has 2 N–H and O–H groups in total. The van der Waals surface area contributed by atoms with Crippen LogP contribution in [0.25, 0.3) is 0 Å². The Bertz CT molecular complexity index is 808. The molecule has 1 aliphatic rings. The minimum absolute atomic E-state index is 0.650. The number of benzene rings is 2. The van der Waals surface area contributed by atoms with E-state index in [0.29, 0.717) is 11.5 Å². The van der Waals surface area contributed by atoms with Gasteiger partial charge in [-0.15, -0.1) is 0 Å². The molecule has 0 amide bonds. The zero-order valence-electron chi connectivity index (χ0n) is 17.4. The van der Waals surface area contributed by atoms with Crippen LogP contribution in [0.5, 0.6) is 17.2 Å². The first-order chi connectivity index (χ1) is 14.2. The molecular formula is C22H30N3O3S+. The summed E-state index contributed by atoms with van der Waals surface area (Å²) in [5.41, 5.74) is 2.36. The predicted octanol–water partition coefficient (Wildman–Crippen LogP) is 1.49. The van der Waals surface area contributed by atoms with Crippen LogP contribution in [-0.2, 0) is 13.1 Å². The van der Waals surface area contributed by atoms with E-state index in [2.05, 4.69) is 28.4 Å². The number of thiocarbonyl (C=S) groups is 1. The van der Waals surface area contributed by atoms with Gasteiger partial charge in [0.25, 0.3) is 0 Å². The van der Waals surface area contributed by atoms with Crippen LogP contribution in [0.1, 0.15) is 11.1 Å². The number of nitrogens with one attached hydrogen (secondary N) is 2. The number of quaternary nitrogens is 1. The molecule has 0 spiro atoms. The van der Waals surface area contributed by atoms with E-state index in [1.54, 1.807) is 21.3 Å². The van der Waals surface area contributed by atoms with Gasteiger partial charge < -0.3 is 29.3 Å². The third-order valence-corrected chi connectivity index (χ3v) is 5.67. The van der Waals surface area contributed by atoms with Crippen LogP contribution in [0.15, 0.2) is 42.5 Å². The molecule has 0 atom stereocenters. The molecule has 0 radical (unpaired) electrons. The number of nitrogens with zero attached hydrogens (tertiary/aromatic N) is 1. The molecule has 2 aromatic carbocycles. The first-order valence-electron chi connectivity index (χ1n) is 9.84. The van der Waals surface area contributed by atoms with Gasteiger partial charge >= 0.3 is 0 Å². The average molecular weight is 417 g/mol. The van der Waals surface area contributed by atoms with Crippen molar-refractivity contribution in [2.45, 2.75) is 13.1 Å². The van der Waals surface area contributed by atoms with Gasteiger partial charge in [0.2, 0.25) is 5.75 Å². The summed E-state index contributed by atoms with van der Waals surface area (Å²) in [6.45, 7) is 5.55. The minimum Gasteiger partial charge on any atom is -0.493 e. The van der Waals surface area contributed by atoms with E-state index in [-0.39, 0.29) is 0 Å². The van der Waals surface area contributed by atoms with Gasteiger partial charge in [-0.05, 0) is 29.9 Å². The third-order valence-electron chi connectivity index (χ3n) is 5.27. The van der Waals surface area contributed by atoms with Crippen molar-refractivity contribution in [1.29, 1.82) is 0 Å². The van der Waals surface area contributed by atoms with Crippen LogP contribution in [0.3, 0.4) is 0 Å². The molecule has 29 heavy (non-hydrogen) atoms. The van der Waals surface area contributed by atoms with Gasteiger partial charge in [0, 0.05) is 6.54 Å². The summed E-state index contributed by atoms with van der Waals surface area (Å²) in [5, 5.41) is 4.21. The van der Waals surface area contributed by atoms with Crippen molar-refractivity contribution in [2.75, 3.05) is 47.5 Å². The Morgan fingerprint density at radius 1 is 0.966 bits per heavy atom. The Kier molecular flexibility index (Phi) is 7.55. The number of piperazine rings is 1. The van der Waals surface area contributed by atoms with Crippen LogP contribution in [0.4, 0.5) is 0 Å². The minimum atomic E-state index is 0.650. The zero-order valence-corrected chi connectivity index (χ0v) is 18.2. The van der Waals surface area contributed by atoms with Crippen molar-refractivity contribution in [1.82, 2.24) is 10.2 Å². The van der Waals surface area contributed by atoms with Crippen LogP contribution < -0.4 is 24.4 Å². The van der Waals surface area contributed by atoms with Gasteiger partial charge in [0.15, 0.2) is 16.6 Å². The second-order valence-electron chi connectivity index (χ2n) is 7.05. The van der Waals surface area contributed by atoms with Crippen molar-refractivity contribution in [3.63, 3.8) is 0 Å². The standard InChI is InChI=1S/C22H29N3O3S/c1-26-19-10-9-18(20(27-2)21(19)28-3)16-24-11-13-25(14-12-24)22(29)23-15-17-7-5-4-6-8-17/h4-10H,11-16H2,1-3H3,(H,23,29)/p+1. The van der Waals surface area contributed by atoms with Crippen LogP contribution in [0, 0.1) is 0 Å². The van der Waals surface area contributed by atoms with E-state index in [9.17, 15) is 0 Å². The molecule has 2 aromatic rings. The smallest absolute Gasteiger partial charge is 0.203 e. The van der Waals surface area contributed by atoms with Gasteiger partial charge in [-0.2, -0.15) is 0 Å². The summed E-state index contributed by atoms with van der Waals surface area (Å²) in [4.78, 5) is 3.76. The Balaban J connectivity index is 1.54. The fourth-order valence-electron chi connectivity index (χ4n) is 3.66. The lowest BCUT2D eigenvalue weighted by Crippen LogP contribution is -3.13. The second kappa shape index (κ2) is 10.3. The second-order valence-corrected chi connectivity index (χ2v) is 7.44. The van der Waals surface area contributed by atoms with E-state index in [1.807, 2.05) is 24.3 Å². The number of hydrogen-bond donors (Lipinski definition) is 2. The van der Waals surface area contributed by atoms with Gasteiger partial charge in [0.1, 0.15) is 6.54 Å². The first kappa shape index (κ1) is 21.2. The molecule has 0 saturated carbocycles. The number of methoxy groups -OCH3 is 3. The summed E-state index contributed by atoms with van der Waals surface area (Å²) in [6.07, 6.45) is 0. The molecule has 1 saturated heterocycles. The van der Waals surface area contributed by atoms with Crippen molar-refractivity contribution in [3.8, 4) is 17.2 Å². The lowest BCUT2D eigenvalue weighted by molar-refractivity contribution is -0.917. The molecule has 156 valence electrons. The van der Waals surface area contributed by atoms with Crippen LogP contribution in [-0.4, -0.2) is 57.5 Å². The zero-order chi connectivity index (χ0) is 20.6. The largest absolute Gasteiger partial charge is 0.493 e. The Labute approximate surface area is 178 Å². The summed E-state index contributed by atoms with van der Waals surface area (Å²) in [6, 6.07) is 14.3. The summed E-state index contributed by atoms with van der Waals surface area (Å²) >= 11 is 5.60. The molecule has 0 bridgehead atoms.